The zero-order valence-corrected chi connectivity index (χ0v) is 15.0. The Morgan fingerprint density at radius 3 is 2.65 bits per heavy atom. The lowest BCUT2D eigenvalue weighted by Gasteiger charge is -2.20. The van der Waals surface area contributed by atoms with Gasteiger partial charge in [-0.2, -0.15) is 0 Å². The summed E-state index contributed by atoms with van der Waals surface area (Å²) in [5.74, 6) is 2.02. The number of halogens is 2. The van der Waals surface area contributed by atoms with E-state index in [-0.39, 0.29) is 0 Å². The zero-order valence-electron chi connectivity index (χ0n) is 11.8. The van der Waals surface area contributed by atoms with Crippen molar-refractivity contribution in [1.82, 2.24) is 0 Å². The molecule has 1 fully saturated rings. The highest BCUT2D eigenvalue weighted by atomic mass is 79.9. The molecule has 1 unspecified atom stereocenters. The molecule has 1 aliphatic heterocycles. The fourth-order valence-corrected chi connectivity index (χ4v) is 4.94. The normalized spacial score (nSPS) is 21.1. The Morgan fingerprint density at radius 1 is 1.15 bits per heavy atom. The van der Waals surface area contributed by atoms with Crippen LogP contribution in [-0.4, -0.2) is 6.61 Å². The molecule has 3 rings (SSSR count). The predicted molar refractivity (Wildman–Crippen MR) is 90.8 cm³/mol. The van der Waals surface area contributed by atoms with Crippen LogP contribution in [0.2, 0.25) is 0 Å². The second-order valence-corrected chi connectivity index (χ2v) is 8.16. The molecular formula is C17H22Br2O. The molecule has 20 heavy (non-hydrogen) atoms. The molecule has 1 heterocycles. The van der Waals surface area contributed by atoms with Crippen LogP contribution in [0.3, 0.4) is 0 Å². The highest BCUT2D eigenvalue weighted by molar-refractivity contribution is 9.10. The smallest absolute Gasteiger partial charge is 0.127 e. The molecule has 0 N–H and O–H groups in total. The fraction of sp³-hybridized carbons (Fsp3) is 0.647. The third kappa shape index (κ3) is 3.41. The van der Waals surface area contributed by atoms with Crippen molar-refractivity contribution in [2.75, 3.05) is 6.61 Å². The van der Waals surface area contributed by atoms with E-state index in [4.69, 9.17) is 4.74 Å². The molecule has 1 atom stereocenters. The second kappa shape index (κ2) is 6.83. The Kier molecular flexibility index (Phi) is 5.09. The van der Waals surface area contributed by atoms with Gasteiger partial charge in [0.15, 0.2) is 0 Å². The van der Waals surface area contributed by atoms with Gasteiger partial charge in [0.2, 0.25) is 0 Å². The highest BCUT2D eigenvalue weighted by Gasteiger charge is 2.24. The minimum Gasteiger partial charge on any atom is -0.493 e. The van der Waals surface area contributed by atoms with Crippen LogP contribution >= 0.6 is 31.9 Å². The number of hydrogen-bond acceptors (Lipinski definition) is 1. The van der Waals surface area contributed by atoms with Gasteiger partial charge < -0.3 is 4.74 Å². The molecule has 110 valence electrons. The van der Waals surface area contributed by atoms with Gasteiger partial charge in [-0.3, -0.25) is 0 Å². The van der Waals surface area contributed by atoms with E-state index in [9.17, 15) is 0 Å². The van der Waals surface area contributed by atoms with Crippen LogP contribution in [0.4, 0.5) is 0 Å². The van der Waals surface area contributed by atoms with Crippen molar-refractivity contribution < 1.29 is 4.74 Å². The first-order chi connectivity index (χ1) is 9.74. The van der Waals surface area contributed by atoms with E-state index in [2.05, 4.69) is 44.0 Å². The van der Waals surface area contributed by atoms with Gasteiger partial charge in [0.25, 0.3) is 0 Å². The van der Waals surface area contributed by atoms with E-state index < -0.39 is 0 Å². The molecule has 1 aliphatic carbocycles. The van der Waals surface area contributed by atoms with E-state index in [0.29, 0.717) is 4.83 Å². The van der Waals surface area contributed by atoms with Gasteiger partial charge in [0.1, 0.15) is 5.75 Å². The summed E-state index contributed by atoms with van der Waals surface area (Å²) in [7, 11) is 0. The Balaban J connectivity index is 1.75. The Bertz CT molecular complexity index is 464. The van der Waals surface area contributed by atoms with Crippen molar-refractivity contribution in [1.29, 1.82) is 0 Å². The van der Waals surface area contributed by atoms with Crippen molar-refractivity contribution in [3.05, 3.63) is 27.7 Å². The number of rotatable bonds is 3. The molecule has 3 heteroatoms. The molecule has 0 spiro atoms. The van der Waals surface area contributed by atoms with Crippen molar-refractivity contribution in [2.45, 2.75) is 56.2 Å². The SMILES string of the molecule is Brc1cc2c(c(C(Br)CC3CCCCCC3)c1)OCC2. The van der Waals surface area contributed by atoms with Crippen molar-refractivity contribution in [3.8, 4) is 5.75 Å². The van der Waals surface area contributed by atoms with Crippen molar-refractivity contribution in [3.63, 3.8) is 0 Å². The minimum atomic E-state index is 0.426. The maximum atomic E-state index is 5.87. The maximum Gasteiger partial charge on any atom is 0.127 e. The average molecular weight is 402 g/mol. The summed E-state index contributed by atoms with van der Waals surface area (Å²) in [6.07, 6.45) is 10.8. The Labute approximate surface area is 138 Å². The number of alkyl halides is 1. The molecule has 2 aliphatic rings. The van der Waals surface area contributed by atoms with Gasteiger partial charge in [-0.25, -0.2) is 0 Å². The van der Waals surface area contributed by atoms with Gasteiger partial charge in [-0.05, 0) is 30.0 Å². The topological polar surface area (TPSA) is 9.23 Å². The largest absolute Gasteiger partial charge is 0.493 e. The molecule has 0 saturated heterocycles. The van der Waals surface area contributed by atoms with E-state index in [1.54, 1.807) is 0 Å². The van der Waals surface area contributed by atoms with Gasteiger partial charge in [0, 0.05) is 21.3 Å². The highest BCUT2D eigenvalue weighted by Crippen LogP contribution is 2.43. The van der Waals surface area contributed by atoms with E-state index >= 15 is 0 Å². The minimum absolute atomic E-state index is 0.426. The summed E-state index contributed by atoms with van der Waals surface area (Å²) in [5.41, 5.74) is 2.70. The second-order valence-electron chi connectivity index (χ2n) is 6.14. The van der Waals surface area contributed by atoms with Gasteiger partial charge >= 0.3 is 0 Å². The molecule has 1 aromatic rings. The van der Waals surface area contributed by atoms with Crippen LogP contribution in [-0.2, 0) is 6.42 Å². The van der Waals surface area contributed by atoms with Crippen LogP contribution in [0.25, 0.3) is 0 Å². The first kappa shape index (κ1) is 14.9. The molecule has 0 radical (unpaired) electrons. The van der Waals surface area contributed by atoms with Crippen molar-refractivity contribution >= 4 is 31.9 Å². The lowest BCUT2D eigenvalue weighted by atomic mass is 9.92. The van der Waals surface area contributed by atoms with Gasteiger partial charge in [-0.15, -0.1) is 0 Å². The molecule has 0 amide bonds. The first-order valence-electron chi connectivity index (χ1n) is 7.83. The van der Waals surface area contributed by atoms with Crippen LogP contribution in [0.15, 0.2) is 16.6 Å². The van der Waals surface area contributed by atoms with E-state index in [1.807, 2.05) is 0 Å². The van der Waals surface area contributed by atoms with E-state index in [1.165, 1.54) is 60.5 Å². The van der Waals surface area contributed by atoms with Crippen LogP contribution in [0, 0.1) is 5.92 Å². The maximum absolute atomic E-state index is 5.87. The van der Waals surface area contributed by atoms with Gasteiger partial charge in [0.05, 0.1) is 6.61 Å². The molecule has 0 bridgehead atoms. The summed E-state index contributed by atoms with van der Waals surface area (Å²) in [4.78, 5) is 0.426. The van der Waals surface area contributed by atoms with Crippen LogP contribution in [0.5, 0.6) is 5.75 Å². The van der Waals surface area contributed by atoms with Crippen LogP contribution < -0.4 is 4.74 Å². The summed E-state index contributed by atoms with van der Waals surface area (Å²) >= 11 is 7.58. The molecule has 1 saturated carbocycles. The first-order valence-corrected chi connectivity index (χ1v) is 9.54. The number of ether oxygens (including phenoxy) is 1. The summed E-state index contributed by atoms with van der Waals surface area (Å²) in [5, 5.41) is 0. The third-order valence-electron chi connectivity index (χ3n) is 4.63. The molecule has 1 aromatic carbocycles. The Hall–Kier alpha value is -0.0200. The van der Waals surface area contributed by atoms with Crippen molar-refractivity contribution in [2.24, 2.45) is 5.92 Å². The van der Waals surface area contributed by atoms with Gasteiger partial charge in [-0.1, -0.05) is 70.4 Å². The zero-order chi connectivity index (χ0) is 13.9. The fourth-order valence-electron chi connectivity index (χ4n) is 3.55. The predicted octanol–water partition coefficient (Wildman–Crippen LogP) is 6.18. The lowest BCUT2D eigenvalue weighted by molar-refractivity contribution is 0.350. The Morgan fingerprint density at radius 2 is 1.90 bits per heavy atom. The number of hydrogen-bond donors (Lipinski definition) is 0. The van der Waals surface area contributed by atoms with E-state index in [0.717, 1.165) is 24.7 Å². The molecular weight excluding hydrogens is 380 g/mol. The number of benzene rings is 1. The summed E-state index contributed by atoms with van der Waals surface area (Å²) in [6.45, 7) is 0.835. The summed E-state index contributed by atoms with van der Waals surface area (Å²) in [6, 6.07) is 4.44. The molecule has 0 aromatic heterocycles. The quantitative estimate of drug-likeness (QED) is 0.434. The monoisotopic (exact) mass is 400 g/mol. The summed E-state index contributed by atoms with van der Waals surface area (Å²) < 4.78 is 7.05. The standard InChI is InChI=1S/C17H22Br2O/c18-14-10-13-7-8-20-17(13)15(11-14)16(19)9-12-5-3-1-2-4-6-12/h10-12,16H,1-9H2. The average Bonchev–Trinajstić information content (AvgIpc) is 2.74. The third-order valence-corrected chi connectivity index (χ3v) is 5.95. The number of fused-ring (bicyclic) bond motifs is 1. The molecule has 1 nitrogen and oxygen atoms in total. The van der Waals surface area contributed by atoms with Crippen LogP contribution in [0.1, 0.15) is 60.9 Å². The lowest BCUT2D eigenvalue weighted by Crippen LogP contribution is -2.04.